The Balaban J connectivity index is 1.78. The molecule has 4 N–H and O–H groups in total. The molecule has 0 saturated carbocycles. The average molecular weight is 507 g/mol. The summed E-state index contributed by atoms with van der Waals surface area (Å²) in [5.74, 6) is -1.98. The van der Waals surface area contributed by atoms with Crippen LogP contribution in [0.15, 0.2) is 54.6 Å². The van der Waals surface area contributed by atoms with E-state index >= 15 is 0 Å². The van der Waals surface area contributed by atoms with Gasteiger partial charge in [0.2, 0.25) is 0 Å². The first-order chi connectivity index (χ1) is 17.4. The van der Waals surface area contributed by atoms with Crippen molar-refractivity contribution in [1.29, 1.82) is 0 Å². The maximum Gasteiger partial charge on any atom is 0.338 e. The first kappa shape index (κ1) is 27.1. The molecule has 3 rings (SSSR count). The van der Waals surface area contributed by atoms with E-state index in [9.17, 15) is 24.6 Å². The van der Waals surface area contributed by atoms with Crippen molar-refractivity contribution in [2.45, 2.75) is 46.8 Å². The molecule has 0 unspecified atom stereocenters. The molecule has 9 heteroatoms. The molecule has 9 nitrogen and oxygen atoms in total. The van der Waals surface area contributed by atoms with Crippen molar-refractivity contribution < 1.29 is 34.1 Å². The van der Waals surface area contributed by atoms with E-state index in [1.54, 1.807) is 40.7 Å². The van der Waals surface area contributed by atoms with E-state index in [0.29, 0.717) is 5.69 Å². The number of benzene rings is 3. The van der Waals surface area contributed by atoms with Gasteiger partial charge in [-0.3, -0.25) is 9.59 Å². The molecule has 37 heavy (non-hydrogen) atoms. The Kier molecular flexibility index (Phi) is 8.39. The Bertz CT molecular complexity index is 1330. The SMILES string of the molecule is Cc1ccc(C(=O)Nc2ccc(C(=O)Nc3ccc(C(=O)OC(C)C)cc3OC(C)C)c(O)c2)c(O)c1. The van der Waals surface area contributed by atoms with E-state index < -0.39 is 17.8 Å². The van der Waals surface area contributed by atoms with Crippen LogP contribution < -0.4 is 15.4 Å². The van der Waals surface area contributed by atoms with Gasteiger partial charge >= 0.3 is 5.97 Å². The highest BCUT2D eigenvalue weighted by molar-refractivity contribution is 6.09. The van der Waals surface area contributed by atoms with Gasteiger partial charge < -0.3 is 30.3 Å². The molecule has 3 aromatic carbocycles. The maximum absolute atomic E-state index is 12.9. The van der Waals surface area contributed by atoms with Crippen molar-refractivity contribution in [3.63, 3.8) is 0 Å². The van der Waals surface area contributed by atoms with Crippen LogP contribution >= 0.6 is 0 Å². The van der Waals surface area contributed by atoms with E-state index in [1.807, 2.05) is 0 Å². The second kappa shape index (κ2) is 11.5. The Labute approximate surface area is 215 Å². The quantitative estimate of drug-likeness (QED) is 0.306. The summed E-state index contributed by atoms with van der Waals surface area (Å²) in [5.41, 5.74) is 1.63. The Hall–Kier alpha value is -4.53. The Morgan fingerprint density at radius 2 is 1.38 bits per heavy atom. The fraction of sp³-hybridized carbons (Fsp3) is 0.250. The highest BCUT2D eigenvalue weighted by atomic mass is 16.5. The van der Waals surface area contributed by atoms with Crippen molar-refractivity contribution in [2.24, 2.45) is 0 Å². The maximum atomic E-state index is 12.9. The van der Waals surface area contributed by atoms with Crippen LogP contribution in [0.1, 0.15) is 64.3 Å². The van der Waals surface area contributed by atoms with Crippen LogP contribution in [0.3, 0.4) is 0 Å². The zero-order valence-electron chi connectivity index (χ0n) is 21.3. The second-order valence-electron chi connectivity index (χ2n) is 8.99. The number of aryl methyl sites for hydroxylation is 1. The second-order valence-corrected chi connectivity index (χ2v) is 8.99. The monoisotopic (exact) mass is 506 g/mol. The summed E-state index contributed by atoms with van der Waals surface area (Å²) in [6, 6.07) is 13.2. The number of aromatic hydroxyl groups is 2. The number of nitrogens with one attached hydrogen (secondary N) is 2. The van der Waals surface area contributed by atoms with Crippen molar-refractivity contribution in [3.05, 3.63) is 76.9 Å². The predicted octanol–water partition coefficient (Wildman–Crippen LogP) is 5.26. The number of esters is 1. The number of rotatable bonds is 8. The number of phenolic OH excluding ortho intramolecular Hbond substituents is 2. The van der Waals surface area contributed by atoms with E-state index in [1.165, 1.54) is 48.5 Å². The minimum atomic E-state index is -0.627. The molecule has 0 radical (unpaired) electrons. The van der Waals surface area contributed by atoms with Crippen molar-refractivity contribution >= 4 is 29.2 Å². The smallest absolute Gasteiger partial charge is 0.338 e. The van der Waals surface area contributed by atoms with Crippen LogP contribution in [0.5, 0.6) is 17.2 Å². The first-order valence-corrected chi connectivity index (χ1v) is 11.7. The number of amides is 2. The summed E-state index contributed by atoms with van der Waals surface area (Å²) >= 11 is 0. The van der Waals surface area contributed by atoms with Crippen LogP contribution in [0.25, 0.3) is 0 Å². The predicted molar refractivity (Wildman–Crippen MR) is 140 cm³/mol. The Morgan fingerprint density at radius 3 is 1.97 bits per heavy atom. The molecule has 0 spiro atoms. The van der Waals surface area contributed by atoms with Crippen LogP contribution in [-0.4, -0.2) is 40.2 Å². The molecular weight excluding hydrogens is 476 g/mol. The highest BCUT2D eigenvalue weighted by Crippen LogP contribution is 2.30. The average Bonchev–Trinajstić information content (AvgIpc) is 2.79. The number of hydrogen-bond acceptors (Lipinski definition) is 7. The van der Waals surface area contributed by atoms with Crippen molar-refractivity contribution in [2.75, 3.05) is 10.6 Å². The van der Waals surface area contributed by atoms with Gasteiger partial charge in [0.15, 0.2) is 0 Å². The third-order valence-electron chi connectivity index (χ3n) is 5.07. The lowest BCUT2D eigenvalue weighted by molar-refractivity contribution is 0.0377. The van der Waals surface area contributed by atoms with E-state index in [0.717, 1.165) is 5.56 Å². The lowest BCUT2D eigenvalue weighted by Gasteiger charge is -2.17. The zero-order chi connectivity index (χ0) is 27.3. The fourth-order valence-electron chi connectivity index (χ4n) is 3.41. The number of anilines is 2. The molecule has 3 aromatic rings. The van der Waals surface area contributed by atoms with Gasteiger partial charge in [-0.1, -0.05) is 6.07 Å². The third kappa shape index (κ3) is 7.00. The van der Waals surface area contributed by atoms with E-state index in [-0.39, 0.29) is 51.8 Å². The summed E-state index contributed by atoms with van der Waals surface area (Å²) in [6.07, 6.45) is -0.532. The van der Waals surface area contributed by atoms with Crippen LogP contribution in [0.2, 0.25) is 0 Å². The topological polar surface area (TPSA) is 134 Å². The normalized spacial score (nSPS) is 10.8. The molecule has 0 aliphatic carbocycles. The molecule has 0 saturated heterocycles. The molecule has 0 bridgehead atoms. The summed E-state index contributed by atoms with van der Waals surface area (Å²) in [5, 5.41) is 25.8. The number of phenols is 2. The summed E-state index contributed by atoms with van der Waals surface area (Å²) in [6.45, 7) is 8.89. The molecule has 0 heterocycles. The summed E-state index contributed by atoms with van der Waals surface area (Å²) in [7, 11) is 0. The minimum Gasteiger partial charge on any atom is -0.507 e. The van der Waals surface area contributed by atoms with Crippen LogP contribution in [0, 0.1) is 6.92 Å². The summed E-state index contributed by atoms with van der Waals surface area (Å²) < 4.78 is 11.0. The number of carbonyl (C=O) groups is 3. The standard InChI is InChI=1S/C28H30N2O7/c1-15(2)36-25-13-18(28(35)37-16(3)4)7-11-22(25)30-27(34)21-10-8-19(14-24(21)32)29-26(33)20-9-6-17(5)12-23(20)31/h6-16,31-32H,1-5H3,(H,29,33)(H,30,34). The number of ether oxygens (including phenoxy) is 2. The number of carbonyl (C=O) groups excluding carboxylic acids is 3. The van der Waals surface area contributed by atoms with Gasteiger partial charge in [-0.25, -0.2) is 4.79 Å². The molecular formula is C28H30N2O7. The fourth-order valence-corrected chi connectivity index (χ4v) is 3.41. The van der Waals surface area contributed by atoms with Gasteiger partial charge in [0.25, 0.3) is 11.8 Å². The molecule has 0 aliphatic rings. The van der Waals surface area contributed by atoms with Crippen molar-refractivity contribution in [1.82, 2.24) is 0 Å². The molecule has 2 amide bonds. The minimum absolute atomic E-state index is 0.0463. The Morgan fingerprint density at radius 1 is 0.757 bits per heavy atom. The number of hydrogen-bond donors (Lipinski definition) is 4. The van der Waals surface area contributed by atoms with E-state index in [2.05, 4.69) is 10.6 Å². The molecule has 0 aromatic heterocycles. The van der Waals surface area contributed by atoms with E-state index in [4.69, 9.17) is 9.47 Å². The van der Waals surface area contributed by atoms with Gasteiger partial charge in [0.1, 0.15) is 17.2 Å². The van der Waals surface area contributed by atoms with Gasteiger partial charge in [-0.15, -0.1) is 0 Å². The molecule has 0 atom stereocenters. The van der Waals surface area contributed by atoms with Gasteiger partial charge in [0, 0.05) is 11.8 Å². The van der Waals surface area contributed by atoms with Crippen LogP contribution in [0.4, 0.5) is 11.4 Å². The van der Waals surface area contributed by atoms with Gasteiger partial charge in [-0.05, 0) is 82.6 Å². The lowest BCUT2D eigenvalue weighted by Crippen LogP contribution is -2.17. The molecule has 0 aliphatic heterocycles. The highest BCUT2D eigenvalue weighted by Gasteiger charge is 2.19. The lowest BCUT2D eigenvalue weighted by atomic mass is 10.1. The molecule has 194 valence electrons. The van der Waals surface area contributed by atoms with Crippen LogP contribution in [-0.2, 0) is 4.74 Å². The van der Waals surface area contributed by atoms with Gasteiger partial charge in [-0.2, -0.15) is 0 Å². The first-order valence-electron chi connectivity index (χ1n) is 11.7. The van der Waals surface area contributed by atoms with Crippen molar-refractivity contribution in [3.8, 4) is 17.2 Å². The molecule has 0 fully saturated rings. The summed E-state index contributed by atoms with van der Waals surface area (Å²) in [4.78, 5) is 37.7. The van der Waals surface area contributed by atoms with Gasteiger partial charge in [0.05, 0.1) is 34.6 Å². The zero-order valence-corrected chi connectivity index (χ0v) is 21.3. The third-order valence-corrected chi connectivity index (χ3v) is 5.07. The largest absolute Gasteiger partial charge is 0.507 e.